The molecule has 1 aromatic rings. The van der Waals surface area contributed by atoms with Gasteiger partial charge < -0.3 is 5.32 Å². The van der Waals surface area contributed by atoms with Crippen molar-refractivity contribution in [1.29, 1.82) is 0 Å². The number of rotatable bonds is 4. The molecule has 1 atom stereocenters. The zero-order valence-corrected chi connectivity index (χ0v) is 8.25. The minimum absolute atomic E-state index is 0.395. The van der Waals surface area contributed by atoms with Crippen molar-refractivity contribution in [2.24, 2.45) is 0 Å². The molecule has 1 N–H and O–H groups in total. The standard InChI is InChI=1S/C11H16N2/c1-4-5-10(3)13-11-8-9(2)6-7-12-11/h4,6-8,10H,1,5H2,2-3H3,(H,12,13). The molecule has 0 saturated carbocycles. The second kappa shape index (κ2) is 4.65. The van der Waals surface area contributed by atoms with E-state index in [1.54, 1.807) is 0 Å². The summed E-state index contributed by atoms with van der Waals surface area (Å²) in [6.07, 6.45) is 4.68. The first kappa shape index (κ1) is 9.78. The monoisotopic (exact) mass is 176 g/mol. The summed E-state index contributed by atoms with van der Waals surface area (Å²) in [4.78, 5) is 4.22. The predicted octanol–water partition coefficient (Wildman–Crippen LogP) is 2.77. The Bertz CT molecular complexity index is 281. The minimum Gasteiger partial charge on any atom is -0.367 e. The van der Waals surface area contributed by atoms with E-state index in [-0.39, 0.29) is 0 Å². The van der Waals surface area contributed by atoms with E-state index in [0.717, 1.165) is 12.2 Å². The van der Waals surface area contributed by atoms with Crippen molar-refractivity contribution >= 4 is 5.82 Å². The molecule has 1 unspecified atom stereocenters. The summed E-state index contributed by atoms with van der Waals surface area (Å²) in [5.74, 6) is 0.939. The highest BCUT2D eigenvalue weighted by Gasteiger charge is 1.99. The number of hydrogen-bond acceptors (Lipinski definition) is 2. The van der Waals surface area contributed by atoms with Crippen LogP contribution in [0.1, 0.15) is 18.9 Å². The van der Waals surface area contributed by atoms with Gasteiger partial charge in [0, 0.05) is 12.2 Å². The normalized spacial score (nSPS) is 12.2. The first-order valence-electron chi connectivity index (χ1n) is 4.52. The third-order valence-electron chi connectivity index (χ3n) is 1.83. The number of aryl methyl sites for hydroxylation is 1. The SMILES string of the molecule is C=CCC(C)Nc1cc(C)ccn1. The number of anilines is 1. The topological polar surface area (TPSA) is 24.9 Å². The lowest BCUT2D eigenvalue weighted by Crippen LogP contribution is -2.14. The average molecular weight is 176 g/mol. The summed E-state index contributed by atoms with van der Waals surface area (Å²) < 4.78 is 0. The van der Waals surface area contributed by atoms with Crippen LogP contribution in [0.2, 0.25) is 0 Å². The lowest BCUT2D eigenvalue weighted by atomic mass is 10.2. The minimum atomic E-state index is 0.395. The van der Waals surface area contributed by atoms with Gasteiger partial charge in [-0.05, 0) is 38.0 Å². The van der Waals surface area contributed by atoms with Crippen molar-refractivity contribution in [2.75, 3.05) is 5.32 Å². The predicted molar refractivity (Wildman–Crippen MR) is 56.9 cm³/mol. The van der Waals surface area contributed by atoms with Crippen LogP contribution < -0.4 is 5.32 Å². The molecule has 0 fully saturated rings. The number of hydrogen-bond donors (Lipinski definition) is 1. The van der Waals surface area contributed by atoms with Gasteiger partial charge in [0.1, 0.15) is 5.82 Å². The van der Waals surface area contributed by atoms with Crippen LogP contribution in [-0.4, -0.2) is 11.0 Å². The highest BCUT2D eigenvalue weighted by Crippen LogP contribution is 2.08. The molecule has 1 aromatic heterocycles. The molecular formula is C11H16N2. The van der Waals surface area contributed by atoms with Gasteiger partial charge in [-0.2, -0.15) is 0 Å². The van der Waals surface area contributed by atoms with Gasteiger partial charge in [-0.3, -0.25) is 0 Å². The van der Waals surface area contributed by atoms with Crippen molar-refractivity contribution in [1.82, 2.24) is 4.98 Å². The first-order valence-corrected chi connectivity index (χ1v) is 4.52. The maximum atomic E-state index is 4.22. The van der Waals surface area contributed by atoms with Gasteiger partial charge in [-0.1, -0.05) is 6.08 Å². The van der Waals surface area contributed by atoms with Gasteiger partial charge in [0.25, 0.3) is 0 Å². The molecule has 1 rings (SSSR count). The van der Waals surface area contributed by atoms with Gasteiger partial charge in [-0.25, -0.2) is 4.98 Å². The Kier molecular flexibility index (Phi) is 3.50. The quantitative estimate of drug-likeness (QED) is 0.713. The van der Waals surface area contributed by atoms with Crippen molar-refractivity contribution in [3.63, 3.8) is 0 Å². The summed E-state index contributed by atoms with van der Waals surface area (Å²) in [6, 6.07) is 4.43. The van der Waals surface area contributed by atoms with Crippen LogP contribution in [0.15, 0.2) is 31.0 Å². The molecule has 2 heteroatoms. The fourth-order valence-electron chi connectivity index (χ4n) is 1.18. The van der Waals surface area contributed by atoms with Crippen molar-refractivity contribution in [2.45, 2.75) is 26.3 Å². The number of nitrogens with one attached hydrogen (secondary N) is 1. The number of pyridine rings is 1. The zero-order valence-electron chi connectivity index (χ0n) is 8.25. The van der Waals surface area contributed by atoms with Gasteiger partial charge in [0.15, 0.2) is 0 Å². The van der Waals surface area contributed by atoms with Crippen LogP contribution in [0.3, 0.4) is 0 Å². The van der Waals surface area contributed by atoms with Crippen LogP contribution in [0.4, 0.5) is 5.82 Å². The van der Waals surface area contributed by atoms with Gasteiger partial charge >= 0.3 is 0 Å². The van der Waals surface area contributed by atoms with Gasteiger partial charge in [0.2, 0.25) is 0 Å². The first-order chi connectivity index (χ1) is 6.22. The summed E-state index contributed by atoms with van der Waals surface area (Å²) in [6.45, 7) is 7.88. The average Bonchev–Trinajstić information content (AvgIpc) is 2.04. The number of aromatic nitrogens is 1. The highest BCUT2D eigenvalue weighted by atomic mass is 15.0. The maximum absolute atomic E-state index is 4.22. The molecule has 0 saturated heterocycles. The fourth-order valence-corrected chi connectivity index (χ4v) is 1.18. The van der Waals surface area contributed by atoms with Crippen molar-refractivity contribution < 1.29 is 0 Å². The van der Waals surface area contributed by atoms with Crippen molar-refractivity contribution in [3.8, 4) is 0 Å². The Morgan fingerprint density at radius 2 is 2.46 bits per heavy atom. The third kappa shape index (κ3) is 3.28. The molecule has 70 valence electrons. The lowest BCUT2D eigenvalue weighted by molar-refractivity contribution is 0.807. The van der Waals surface area contributed by atoms with Crippen LogP contribution in [0.5, 0.6) is 0 Å². The Hall–Kier alpha value is -1.31. The van der Waals surface area contributed by atoms with Gasteiger partial charge in [-0.15, -0.1) is 6.58 Å². The molecule has 0 aliphatic heterocycles. The van der Waals surface area contributed by atoms with Crippen molar-refractivity contribution in [3.05, 3.63) is 36.5 Å². The maximum Gasteiger partial charge on any atom is 0.126 e. The van der Waals surface area contributed by atoms with Crippen LogP contribution in [-0.2, 0) is 0 Å². The summed E-state index contributed by atoms with van der Waals surface area (Å²) >= 11 is 0. The Morgan fingerprint density at radius 1 is 1.69 bits per heavy atom. The summed E-state index contributed by atoms with van der Waals surface area (Å²) in [5, 5.41) is 3.30. The highest BCUT2D eigenvalue weighted by molar-refractivity contribution is 5.37. The smallest absolute Gasteiger partial charge is 0.126 e. The van der Waals surface area contributed by atoms with E-state index in [1.807, 2.05) is 24.4 Å². The van der Waals surface area contributed by atoms with E-state index < -0.39 is 0 Å². The lowest BCUT2D eigenvalue weighted by Gasteiger charge is -2.12. The van der Waals surface area contributed by atoms with E-state index in [2.05, 4.69) is 30.7 Å². The van der Waals surface area contributed by atoms with Gasteiger partial charge in [0.05, 0.1) is 0 Å². The third-order valence-corrected chi connectivity index (χ3v) is 1.83. The molecule has 0 bridgehead atoms. The molecule has 0 aromatic carbocycles. The van der Waals surface area contributed by atoms with E-state index in [9.17, 15) is 0 Å². The summed E-state index contributed by atoms with van der Waals surface area (Å²) in [7, 11) is 0. The van der Waals surface area contributed by atoms with Crippen LogP contribution >= 0.6 is 0 Å². The molecule has 0 amide bonds. The zero-order chi connectivity index (χ0) is 9.68. The molecule has 2 nitrogen and oxygen atoms in total. The Labute approximate surface area is 79.7 Å². The molecule has 1 heterocycles. The van der Waals surface area contributed by atoms with E-state index in [1.165, 1.54) is 5.56 Å². The molecule has 0 aliphatic rings. The molecule has 0 radical (unpaired) electrons. The molecule has 13 heavy (non-hydrogen) atoms. The molecule has 0 aliphatic carbocycles. The fraction of sp³-hybridized carbons (Fsp3) is 0.364. The molecule has 0 spiro atoms. The van der Waals surface area contributed by atoms with Crippen LogP contribution in [0.25, 0.3) is 0 Å². The largest absolute Gasteiger partial charge is 0.367 e. The van der Waals surface area contributed by atoms with E-state index in [0.29, 0.717) is 6.04 Å². The summed E-state index contributed by atoms with van der Waals surface area (Å²) in [5.41, 5.74) is 1.23. The van der Waals surface area contributed by atoms with E-state index in [4.69, 9.17) is 0 Å². The van der Waals surface area contributed by atoms with E-state index >= 15 is 0 Å². The Balaban J connectivity index is 2.58. The second-order valence-corrected chi connectivity index (χ2v) is 3.29. The Morgan fingerprint density at radius 3 is 3.08 bits per heavy atom. The molecular weight excluding hydrogens is 160 g/mol. The van der Waals surface area contributed by atoms with Crippen LogP contribution in [0, 0.1) is 6.92 Å². The second-order valence-electron chi connectivity index (χ2n) is 3.29. The number of nitrogens with zero attached hydrogens (tertiary/aromatic N) is 1.